The van der Waals surface area contributed by atoms with Gasteiger partial charge in [-0.1, -0.05) is 24.3 Å². The van der Waals surface area contributed by atoms with E-state index in [-0.39, 0.29) is 35.3 Å². The van der Waals surface area contributed by atoms with Gasteiger partial charge in [-0.25, -0.2) is 0 Å². The van der Waals surface area contributed by atoms with E-state index in [1.807, 2.05) is 0 Å². The normalized spacial score (nSPS) is 40.5. The molecule has 5 rings (SSSR count). The predicted molar refractivity (Wildman–Crippen MR) is 110 cm³/mol. The van der Waals surface area contributed by atoms with Crippen LogP contribution in [0, 0.1) is 5.92 Å². The molecule has 1 aromatic carbocycles. The molecule has 3 nitrogen and oxygen atoms in total. The van der Waals surface area contributed by atoms with Gasteiger partial charge in [0.1, 0.15) is 12.6 Å². The van der Waals surface area contributed by atoms with Crippen LogP contribution in [0.5, 0.6) is 0 Å². The molecule has 2 bridgehead atoms. The molecule has 4 heteroatoms. The minimum atomic E-state index is -0.0153. The van der Waals surface area contributed by atoms with Crippen LogP contribution in [-0.4, -0.2) is 35.9 Å². The summed E-state index contributed by atoms with van der Waals surface area (Å²) in [6, 6.07) is 9.16. The van der Waals surface area contributed by atoms with Crippen LogP contribution in [-0.2, 0) is 5.41 Å². The highest BCUT2D eigenvalue weighted by molar-refractivity contribution is 14.0. The average Bonchev–Trinajstić information content (AvgIpc) is 3.15. The van der Waals surface area contributed by atoms with Crippen molar-refractivity contribution in [2.24, 2.45) is 10.9 Å². The molecule has 3 aliphatic heterocycles. The zero-order valence-electron chi connectivity index (χ0n) is 14.9. The van der Waals surface area contributed by atoms with Crippen LogP contribution in [0.4, 0.5) is 5.69 Å². The van der Waals surface area contributed by atoms with Crippen LogP contribution in [0.15, 0.2) is 52.7 Å². The summed E-state index contributed by atoms with van der Waals surface area (Å²) >= 11 is 0. The lowest BCUT2D eigenvalue weighted by Crippen LogP contribution is -2.65. The molecule has 1 aromatic rings. The summed E-state index contributed by atoms with van der Waals surface area (Å²) in [5, 5.41) is 12.1. The van der Waals surface area contributed by atoms with Crippen molar-refractivity contribution in [3.05, 3.63) is 53.3 Å². The number of hydrogen-bond donors (Lipinski definition) is 0. The Labute approximate surface area is 166 Å². The van der Waals surface area contributed by atoms with Gasteiger partial charge in [-0.05, 0) is 36.6 Å². The van der Waals surface area contributed by atoms with Gasteiger partial charge >= 0.3 is 0 Å². The quantitative estimate of drug-likeness (QED) is 0.281. The Kier molecular flexibility index (Phi) is 3.93. The lowest BCUT2D eigenvalue weighted by Gasteiger charge is -2.54. The molecule has 4 aliphatic rings. The number of quaternary nitrogens is 1. The lowest BCUT2D eigenvalue weighted by molar-refractivity contribution is -0.939. The minimum absolute atomic E-state index is 0. The molecule has 0 N–H and O–H groups in total. The first kappa shape index (κ1) is 17.3. The van der Waals surface area contributed by atoms with Crippen molar-refractivity contribution in [1.82, 2.24) is 0 Å². The van der Waals surface area contributed by atoms with E-state index in [2.05, 4.69) is 44.2 Å². The summed E-state index contributed by atoms with van der Waals surface area (Å²) in [5.41, 5.74) is 5.97. The largest absolute Gasteiger partial charge is 0.878 e. The van der Waals surface area contributed by atoms with Crippen LogP contribution in [0.3, 0.4) is 0 Å². The molecule has 132 valence electrons. The van der Waals surface area contributed by atoms with Gasteiger partial charge in [0.05, 0.1) is 29.9 Å². The van der Waals surface area contributed by atoms with Crippen LogP contribution < -0.4 is 5.11 Å². The van der Waals surface area contributed by atoms with Crippen molar-refractivity contribution in [2.75, 3.05) is 19.6 Å². The second-order valence-corrected chi connectivity index (χ2v) is 7.86. The fourth-order valence-electron chi connectivity index (χ4n) is 6.27. The Hall–Kier alpha value is -1.14. The van der Waals surface area contributed by atoms with Crippen LogP contribution >= 0.6 is 24.0 Å². The number of para-hydroxylation sites is 1. The summed E-state index contributed by atoms with van der Waals surface area (Å²) in [5.74, 6) is 0.287. The molecule has 1 aliphatic carbocycles. The van der Waals surface area contributed by atoms with E-state index >= 15 is 0 Å². The number of fused-ring (bicyclic) bond motifs is 2. The van der Waals surface area contributed by atoms with E-state index < -0.39 is 0 Å². The predicted octanol–water partition coefficient (Wildman–Crippen LogP) is 3.46. The Morgan fingerprint density at radius 1 is 1.36 bits per heavy atom. The van der Waals surface area contributed by atoms with Crippen molar-refractivity contribution >= 4 is 35.4 Å². The molecule has 4 atom stereocenters. The Morgan fingerprint density at radius 3 is 2.88 bits per heavy atom. The van der Waals surface area contributed by atoms with Crippen molar-refractivity contribution in [2.45, 2.75) is 38.1 Å². The molecule has 0 amide bonds. The molecule has 0 radical (unpaired) electrons. The highest BCUT2D eigenvalue weighted by atomic mass is 127. The van der Waals surface area contributed by atoms with Gasteiger partial charge < -0.3 is 9.59 Å². The molecule has 3 heterocycles. The van der Waals surface area contributed by atoms with E-state index in [0.29, 0.717) is 6.04 Å². The molecule has 1 unspecified atom stereocenters. The van der Waals surface area contributed by atoms with Crippen LogP contribution in [0.2, 0.25) is 0 Å². The fraction of sp³-hybridized carbons (Fsp3) is 0.476. The molecule has 3 fully saturated rings. The monoisotopic (exact) mass is 448 g/mol. The van der Waals surface area contributed by atoms with E-state index in [0.717, 1.165) is 42.6 Å². The van der Waals surface area contributed by atoms with Crippen LogP contribution in [0.1, 0.15) is 32.3 Å². The zero-order valence-corrected chi connectivity index (χ0v) is 17.2. The SMILES string of the molecule is C/C=C1/C[N+]2(CC)CC[C@@]34C(=Nc5ccccc53)C(=C[O-])[C@H]1C[C@@H]42.I. The molecule has 2 saturated heterocycles. The van der Waals surface area contributed by atoms with Crippen molar-refractivity contribution in [3.8, 4) is 0 Å². The Morgan fingerprint density at radius 2 is 2.16 bits per heavy atom. The molecule has 1 spiro atoms. The maximum atomic E-state index is 12.1. The summed E-state index contributed by atoms with van der Waals surface area (Å²) in [6.45, 7) is 7.95. The summed E-state index contributed by atoms with van der Waals surface area (Å²) in [7, 11) is 0. The highest BCUT2D eigenvalue weighted by Crippen LogP contribution is 2.61. The van der Waals surface area contributed by atoms with Crippen molar-refractivity contribution < 1.29 is 9.59 Å². The number of nitrogens with zero attached hydrogens (tertiary/aromatic N) is 2. The summed E-state index contributed by atoms with van der Waals surface area (Å²) in [4.78, 5) is 5.02. The number of aliphatic imine (C=N–C) groups is 1. The van der Waals surface area contributed by atoms with Gasteiger partial charge in [0.2, 0.25) is 0 Å². The third-order valence-electron chi connectivity index (χ3n) is 7.40. The molecule has 0 aromatic heterocycles. The number of likely N-dealkylation sites (N-methyl/N-ethyl adjacent to an activating group) is 1. The molecular formula is C21H25IN2O. The second kappa shape index (κ2) is 5.68. The van der Waals surface area contributed by atoms with E-state index in [1.165, 1.54) is 28.7 Å². The van der Waals surface area contributed by atoms with Gasteiger partial charge in [-0.15, -0.1) is 30.2 Å². The Bertz CT molecular complexity index is 827. The standard InChI is InChI=1S/C21H24N2O.HI/c1-3-14-12-23(4-2)10-9-21-17-7-5-6-8-18(17)22-20(21)16(13-24)15(14)11-19(21)23;/h3,5-8,13,15,19H,4,9-12H2,1-2H3;1H/b14-3-;/t15-,19-,21+,23?;/m0./s1. The molecule has 1 saturated carbocycles. The number of benzene rings is 1. The summed E-state index contributed by atoms with van der Waals surface area (Å²) in [6.07, 6.45) is 5.60. The molecular weight excluding hydrogens is 423 g/mol. The zero-order chi connectivity index (χ0) is 16.5. The first-order valence-corrected chi connectivity index (χ1v) is 9.22. The number of halogens is 1. The Balaban J connectivity index is 0.00000157. The minimum Gasteiger partial charge on any atom is -0.878 e. The summed E-state index contributed by atoms with van der Waals surface area (Å²) < 4.78 is 1.18. The third kappa shape index (κ3) is 1.87. The smallest absolute Gasteiger partial charge is 0.106 e. The van der Waals surface area contributed by atoms with Gasteiger partial charge in [-0.3, -0.25) is 4.99 Å². The van der Waals surface area contributed by atoms with E-state index in [4.69, 9.17) is 4.99 Å². The maximum absolute atomic E-state index is 12.1. The lowest BCUT2D eigenvalue weighted by atomic mass is 9.58. The topological polar surface area (TPSA) is 35.4 Å². The van der Waals surface area contributed by atoms with Gasteiger partial charge in [0.15, 0.2) is 0 Å². The average molecular weight is 448 g/mol. The number of hydrogen-bond acceptors (Lipinski definition) is 2. The first-order valence-electron chi connectivity index (χ1n) is 9.22. The third-order valence-corrected chi connectivity index (χ3v) is 7.40. The maximum Gasteiger partial charge on any atom is 0.106 e. The van der Waals surface area contributed by atoms with Gasteiger partial charge in [0, 0.05) is 18.8 Å². The number of allylic oxidation sites excluding steroid dienone is 2. The highest BCUT2D eigenvalue weighted by Gasteiger charge is 2.68. The van der Waals surface area contributed by atoms with Crippen LogP contribution in [0.25, 0.3) is 0 Å². The van der Waals surface area contributed by atoms with E-state index in [9.17, 15) is 5.11 Å². The first-order chi connectivity index (χ1) is 11.7. The second-order valence-electron chi connectivity index (χ2n) is 7.86. The van der Waals surface area contributed by atoms with Crippen molar-refractivity contribution in [3.63, 3.8) is 0 Å². The van der Waals surface area contributed by atoms with Gasteiger partial charge in [0.25, 0.3) is 0 Å². The molecule has 25 heavy (non-hydrogen) atoms. The number of rotatable bonds is 1. The number of piperidine rings is 1. The van der Waals surface area contributed by atoms with Crippen molar-refractivity contribution in [1.29, 1.82) is 0 Å². The van der Waals surface area contributed by atoms with E-state index in [1.54, 1.807) is 0 Å². The fourth-order valence-corrected chi connectivity index (χ4v) is 6.27. The van der Waals surface area contributed by atoms with Gasteiger partial charge in [-0.2, -0.15) is 0 Å².